The Balaban J connectivity index is 2.09. The maximum absolute atomic E-state index is 5.99. The molecule has 3 heteroatoms. The van der Waals surface area contributed by atoms with Gasteiger partial charge in [0.05, 0.1) is 5.69 Å². The van der Waals surface area contributed by atoms with Gasteiger partial charge in [0, 0.05) is 12.2 Å². The maximum Gasteiger partial charge on any atom is 0.149 e. The molecule has 2 rings (SSSR count). The number of nitrogens with one attached hydrogen (secondary N) is 1. The first-order valence-corrected chi connectivity index (χ1v) is 6.56. The van der Waals surface area contributed by atoms with Crippen LogP contribution >= 0.6 is 0 Å². The number of aryl methyl sites for hydroxylation is 1. The second kappa shape index (κ2) is 4.94. The molecule has 0 aromatic carbocycles. The van der Waals surface area contributed by atoms with Crippen LogP contribution in [0.15, 0.2) is 12.3 Å². The third-order valence-electron chi connectivity index (χ3n) is 4.08. The van der Waals surface area contributed by atoms with Gasteiger partial charge in [0.25, 0.3) is 0 Å². The van der Waals surface area contributed by atoms with Crippen LogP contribution < -0.4 is 11.1 Å². The summed E-state index contributed by atoms with van der Waals surface area (Å²) in [5, 5.41) is 3.52. The summed E-state index contributed by atoms with van der Waals surface area (Å²) in [5.41, 5.74) is 7.86. The van der Waals surface area contributed by atoms with Gasteiger partial charge >= 0.3 is 0 Å². The van der Waals surface area contributed by atoms with E-state index in [2.05, 4.69) is 24.1 Å². The van der Waals surface area contributed by atoms with E-state index in [-0.39, 0.29) is 0 Å². The number of anilines is 2. The maximum atomic E-state index is 5.99. The predicted molar refractivity (Wildman–Crippen MR) is 73.0 cm³/mol. The normalized spacial score (nSPS) is 29.0. The molecule has 0 bridgehead atoms. The summed E-state index contributed by atoms with van der Waals surface area (Å²) in [4.78, 5) is 4.40. The highest BCUT2D eigenvalue weighted by Crippen LogP contribution is 2.32. The minimum Gasteiger partial charge on any atom is -0.396 e. The van der Waals surface area contributed by atoms with Crippen molar-refractivity contribution in [1.29, 1.82) is 0 Å². The molecule has 1 aliphatic carbocycles. The van der Waals surface area contributed by atoms with Crippen LogP contribution in [0, 0.1) is 18.8 Å². The van der Waals surface area contributed by atoms with Crippen LogP contribution in [0.3, 0.4) is 0 Å². The Morgan fingerprint density at radius 1 is 1.35 bits per heavy atom. The number of nitrogens with zero attached hydrogens (tertiary/aromatic N) is 1. The summed E-state index contributed by atoms with van der Waals surface area (Å²) in [6, 6.07) is 2.49. The summed E-state index contributed by atoms with van der Waals surface area (Å²) in [6.07, 6.45) is 5.74. The molecule has 94 valence electrons. The molecule has 0 radical (unpaired) electrons. The van der Waals surface area contributed by atoms with Gasteiger partial charge in [-0.3, -0.25) is 0 Å². The zero-order valence-electron chi connectivity index (χ0n) is 11.0. The minimum absolute atomic E-state index is 0.510. The Bertz CT molecular complexity index is 389. The zero-order valence-corrected chi connectivity index (χ0v) is 11.0. The summed E-state index contributed by atoms with van der Waals surface area (Å²) < 4.78 is 0. The van der Waals surface area contributed by atoms with E-state index in [0.717, 1.165) is 23.0 Å². The van der Waals surface area contributed by atoms with Crippen molar-refractivity contribution in [3.8, 4) is 0 Å². The van der Waals surface area contributed by atoms with E-state index < -0.39 is 0 Å². The number of hydrogen-bond donors (Lipinski definition) is 2. The van der Waals surface area contributed by atoms with Crippen molar-refractivity contribution in [2.24, 2.45) is 11.8 Å². The van der Waals surface area contributed by atoms with E-state index in [0.29, 0.717) is 12.0 Å². The third kappa shape index (κ3) is 2.71. The van der Waals surface area contributed by atoms with Crippen LogP contribution in [-0.2, 0) is 0 Å². The smallest absolute Gasteiger partial charge is 0.149 e. The standard InChI is InChI=1S/C14H23N3/c1-9-7-12(15)14(16-8-9)17-13-6-4-5-10(2)11(13)3/h7-8,10-11,13H,4-6,15H2,1-3H3,(H,16,17). The number of hydrogen-bond acceptors (Lipinski definition) is 3. The van der Waals surface area contributed by atoms with Gasteiger partial charge in [0.1, 0.15) is 5.82 Å². The molecule has 1 fully saturated rings. The van der Waals surface area contributed by atoms with E-state index in [1.807, 2.05) is 19.2 Å². The van der Waals surface area contributed by atoms with E-state index >= 15 is 0 Å². The van der Waals surface area contributed by atoms with Crippen LogP contribution in [0.4, 0.5) is 11.5 Å². The Labute approximate surface area is 104 Å². The lowest BCUT2D eigenvalue weighted by Gasteiger charge is -2.35. The fourth-order valence-electron chi connectivity index (χ4n) is 2.67. The number of nitrogen functional groups attached to an aromatic ring is 1. The molecule has 3 N–H and O–H groups in total. The van der Waals surface area contributed by atoms with Crippen LogP contribution in [-0.4, -0.2) is 11.0 Å². The molecule has 1 saturated carbocycles. The van der Waals surface area contributed by atoms with Crippen molar-refractivity contribution in [3.63, 3.8) is 0 Å². The lowest BCUT2D eigenvalue weighted by molar-refractivity contribution is 0.253. The zero-order chi connectivity index (χ0) is 12.4. The van der Waals surface area contributed by atoms with Crippen molar-refractivity contribution in [2.45, 2.75) is 46.1 Å². The van der Waals surface area contributed by atoms with Crippen molar-refractivity contribution < 1.29 is 0 Å². The molecule has 17 heavy (non-hydrogen) atoms. The number of nitrogens with two attached hydrogens (primary N) is 1. The number of rotatable bonds is 2. The van der Waals surface area contributed by atoms with Gasteiger partial charge in [0.2, 0.25) is 0 Å². The van der Waals surface area contributed by atoms with Crippen LogP contribution in [0.25, 0.3) is 0 Å². The SMILES string of the molecule is Cc1cnc(NC2CCCC(C)C2C)c(N)c1. The summed E-state index contributed by atoms with van der Waals surface area (Å²) in [6.45, 7) is 6.68. The van der Waals surface area contributed by atoms with Gasteiger partial charge in [-0.15, -0.1) is 0 Å². The number of pyridine rings is 1. The molecule has 3 unspecified atom stereocenters. The second-order valence-electron chi connectivity index (χ2n) is 5.47. The Morgan fingerprint density at radius 2 is 2.12 bits per heavy atom. The molecule has 3 atom stereocenters. The molecule has 1 aromatic rings. The molecule has 0 saturated heterocycles. The fourth-order valence-corrected chi connectivity index (χ4v) is 2.67. The van der Waals surface area contributed by atoms with Gasteiger partial charge in [0.15, 0.2) is 0 Å². The van der Waals surface area contributed by atoms with Crippen molar-refractivity contribution >= 4 is 11.5 Å². The van der Waals surface area contributed by atoms with Gasteiger partial charge in [-0.05, 0) is 36.8 Å². The molecular formula is C14H23N3. The van der Waals surface area contributed by atoms with Crippen molar-refractivity contribution in [1.82, 2.24) is 4.98 Å². The average Bonchev–Trinajstić information content (AvgIpc) is 2.28. The first-order chi connectivity index (χ1) is 8.08. The highest BCUT2D eigenvalue weighted by molar-refractivity contribution is 5.62. The third-order valence-corrected chi connectivity index (χ3v) is 4.08. The highest BCUT2D eigenvalue weighted by atomic mass is 15.0. The fraction of sp³-hybridized carbons (Fsp3) is 0.643. The molecular weight excluding hydrogens is 210 g/mol. The molecule has 1 heterocycles. The summed E-state index contributed by atoms with van der Waals surface area (Å²) >= 11 is 0. The number of aromatic nitrogens is 1. The minimum atomic E-state index is 0.510. The van der Waals surface area contributed by atoms with Crippen LogP contribution in [0.1, 0.15) is 38.7 Å². The summed E-state index contributed by atoms with van der Waals surface area (Å²) in [5.74, 6) is 2.32. The predicted octanol–water partition coefficient (Wildman–Crippen LogP) is 3.21. The first-order valence-electron chi connectivity index (χ1n) is 6.56. The lowest BCUT2D eigenvalue weighted by atomic mass is 9.78. The molecule has 0 spiro atoms. The molecule has 0 amide bonds. The second-order valence-corrected chi connectivity index (χ2v) is 5.47. The molecule has 1 aromatic heterocycles. The van der Waals surface area contributed by atoms with Gasteiger partial charge in [-0.2, -0.15) is 0 Å². The summed E-state index contributed by atoms with van der Waals surface area (Å²) in [7, 11) is 0. The average molecular weight is 233 g/mol. The van der Waals surface area contributed by atoms with Gasteiger partial charge < -0.3 is 11.1 Å². The largest absolute Gasteiger partial charge is 0.396 e. The van der Waals surface area contributed by atoms with E-state index in [9.17, 15) is 0 Å². The van der Waals surface area contributed by atoms with E-state index in [4.69, 9.17) is 5.73 Å². The molecule has 1 aliphatic rings. The van der Waals surface area contributed by atoms with Gasteiger partial charge in [-0.1, -0.05) is 26.7 Å². The van der Waals surface area contributed by atoms with Crippen LogP contribution in [0.5, 0.6) is 0 Å². The quantitative estimate of drug-likeness (QED) is 0.824. The Morgan fingerprint density at radius 3 is 2.82 bits per heavy atom. The van der Waals surface area contributed by atoms with Crippen molar-refractivity contribution in [3.05, 3.63) is 17.8 Å². The topological polar surface area (TPSA) is 50.9 Å². The van der Waals surface area contributed by atoms with Crippen LogP contribution in [0.2, 0.25) is 0 Å². The first kappa shape index (κ1) is 12.2. The van der Waals surface area contributed by atoms with Gasteiger partial charge in [-0.25, -0.2) is 4.98 Å². The molecule has 3 nitrogen and oxygen atoms in total. The van der Waals surface area contributed by atoms with E-state index in [1.165, 1.54) is 19.3 Å². The lowest BCUT2D eigenvalue weighted by Crippen LogP contribution is -2.35. The van der Waals surface area contributed by atoms with E-state index in [1.54, 1.807) is 0 Å². The highest BCUT2D eigenvalue weighted by Gasteiger charge is 2.27. The monoisotopic (exact) mass is 233 g/mol. The Hall–Kier alpha value is -1.25. The molecule has 0 aliphatic heterocycles. The Kier molecular flexibility index (Phi) is 3.55. The van der Waals surface area contributed by atoms with Crippen molar-refractivity contribution in [2.75, 3.05) is 11.1 Å².